The van der Waals surface area contributed by atoms with Gasteiger partial charge in [-0.1, -0.05) is 23.7 Å². The number of hydrogen-bond donors (Lipinski definition) is 1. The van der Waals surface area contributed by atoms with E-state index in [0.717, 1.165) is 22.4 Å². The lowest BCUT2D eigenvalue weighted by Crippen LogP contribution is -1.89. The first-order valence-corrected chi connectivity index (χ1v) is 5.98. The van der Waals surface area contributed by atoms with Crippen LogP contribution >= 0.6 is 11.6 Å². The highest BCUT2D eigenvalue weighted by Gasteiger charge is 2.05. The molecule has 1 N–H and O–H groups in total. The molecule has 0 aliphatic rings. The number of anilines is 2. The van der Waals surface area contributed by atoms with E-state index in [0.29, 0.717) is 11.0 Å². The average molecular weight is 259 g/mol. The van der Waals surface area contributed by atoms with Gasteiger partial charge in [-0.05, 0) is 42.8 Å². The number of rotatable bonds is 2. The zero-order valence-electron chi connectivity index (χ0n) is 9.77. The summed E-state index contributed by atoms with van der Waals surface area (Å²) in [5.74, 6) is 0. The van der Waals surface area contributed by atoms with E-state index < -0.39 is 0 Å². The number of nitrogens with one attached hydrogen (secondary N) is 1. The molecule has 1 aromatic heterocycles. The summed E-state index contributed by atoms with van der Waals surface area (Å²) in [4.78, 5) is 4.38. The van der Waals surface area contributed by atoms with Crippen LogP contribution in [0.25, 0.3) is 11.1 Å². The van der Waals surface area contributed by atoms with Crippen LogP contribution in [0.3, 0.4) is 0 Å². The molecular formula is C14H11ClN2O. The Hall–Kier alpha value is -2.00. The molecule has 0 atom stereocenters. The van der Waals surface area contributed by atoms with Gasteiger partial charge in [0.05, 0.1) is 0 Å². The van der Waals surface area contributed by atoms with Crippen molar-refractivity contribution >= 4 is 34.4 Å². The minimum atomic E-state index is 0.470. The Morgan fingerprint density at radius 1 is 1.17 bits per heavy atom. The van der Waals surface area contributed by atoms with Gasteiger partial charge in [0, 0.05) is 10.7 Å². The van der Waals surface area contributed by atoms with E-state index in [1.807, 2.05) is 49.4 Å². The first-order chi connectivity index (χ1) is 8.70. The summed E-state index contributed by atoms with van der Waals surface area (Å²) in [5.41, 5.74) is 3.63. The molecule has 0 fully saturated rings. The highest BCUT2D eigenvalue weighted by molar-refractivity contribution is 6.30. The fourth-order valence-corrected chi connectivity index (χ4v) is 1.97. The molecule has 1 heterocycles. The highest BCUT2D eigenvalue weighted by atomic mass is 35.5. The van der Waals surface area contributed by atoms with Gasteiger partial charge in [-0.25, -0.2) is 0 Å². The number of halogens is 1. The molecule has 0 bridgehead atoms. The highest BCUT2D eigenvalue weighted by Crippen LogP contribution is 2.24. The number of nitrogens with zero attached hydrogens (tertiary/aromatic N) is 1. The lowest BCUT2D eigenvalue weighted by atomic mass is 10.2. The summed E-state index contributed by atoms with van der Waals surface area (Å²) < 4.78 is 5.60. The van der Waals surface area contributed by atoms with E-state index in [4.69, 9.17) is 16.0 Å². The van der Waals surface area contributed by atoms with E-state index in [9.17, 15) is 0 Å². The Bertz CT molecular complexity index is 706. The summed E-state index contributed by atoms with van der Waals surface area (Å²) in [7, 11) is 0. The molecule has 3 rings (SSSR count). The SMILES string of the molecule is Cc1ccc2oc(Nc3cccc(Cl)c3)nc2c1. The van der Waals surface area contributed by atoms with E-state index in [1.54, 1.807) is 0 Å². The second kappa shape index (κ2) is 4.35. The van der Waals surface area contributed by atoms with Crippen molar-refractivity contribution in [3.63, 3.8) is 0 Å². The van der Waals surface area contributed by atoms with Crippen molar-refractivity contribution in [2.75, 3.05) is 5.32 Å². The van der Waals surface area contributed by atoms with Gasteiger partial charge < -0.3 is 9.73 Å². The summed E-state index contributed by atoms with van der Waals surface area (Å²) in [6.07, 6.45) is 0. The standard InChI is InChI=1S/C14H11ClN2O/c1-9-5-6-13-12(7-9)17-14(18-13)16-11-4-2-3-10(15)8-11/h2-8H,1H3,(H,16,17). The number of oxazole rings is 1. The Labute approximate surface area is 109 Å². The second-order valence-corrected chi connectivity index (χ2v) is 4.56. The summed E-state index contributed by atoms with van der Waals surface area (Å²) in [6.45, 7) is 2.03. The van der Waals surface area contributed by atoms with Crippen molar-refractivity contribution in [3.05, 3.63) is 53.1 Å². The van der Waals surface area contributed by atoms with Crippen molar-refractivity contribution in [1.29, 1.82) is 0 Å². The van der Waals surface area contributed by atoms with E-state index in [-0.39, 0.29) is 0 Å². The molecule has 90 valence electrons. The van der Waals surface area contributed by atoms with Gasteiger partial charge in [0.2, 0.25) is 0 Å². The van der Waals surface area contributed by atoms with Crippen LogP contribution in [0.15, 0.2) is 46.9 Å². The number of hydrogen-bond acceptors (Lipinski definition) is 3. The summed E-state index contributed by atoms with van der Waals surface area (Å²) in [6, 6.07) is 13.8. The molecule has 3 aromatic rings. The molecule has 0 aliphatic heterocycles. The van der Waals surface area contributed by atoms with Crippen LogP contribution in [0.2, 0.25) is 5.02 Å². The Morgan fingerprint density at radius 3 is 2.89 bits per heavy atom. The molecule has 0 unspecified atom stereocenters. The molecule has 18 heavy (non-hydrogen) atoms. The largest absolute Gasteiger partial charge is 0.423 e. The van der Waals surface area contributed by atoms with Crippen LogP contribution in [0, 0.1) is 6.92 Å². The van der Waals surface area contributed by atoms with Crippen molar-refractivity contribution in [3.8, 4) is 0 Å². The van der Waals surface area contributed by atoms with Gasteiger partial charge in [0.15, 0.2) is 5.58 Å². The van der Waals surface area contributed by atoms with Crippen molar-refractivity contribution in [1.82, 2.24) is 4.98 Å². The van der Waals surface area contributed by atoms with Crippen LogP contribution in [0.4, 0.5) is 11.7 Å². The van der Waals surface area contributed by atoms with Crippen LogP contribution in [0.1, 0.15) is 5.56 Å². The molecule has 0 radical (unpaired) electrons. The third kappa shape index (κ3) is 2.17. The minimum absolute atomic E-state index is 0.470. The average Bonchev–Trinajstić information content (AvgIpc) is 2.70. The number of aryl methyl sites for hydroxylation is 1. The molecule has 0 aliphatic carbocycles. The Kier molecular flexibility index (Phi) is 2.68. The smallest absolute Gasteiger partial charge is 0.300 e. The van der Waals surface area contributed by atoms with Crippen molar-refractivity contribution in [2.24, 2.45) is 0 Å². The second-order valence-electron chi connectivity index (χ2n) is 4.13. The zero-order chi connectivity index (χ0) is 12.5. The predicted octanol–water partition coefficient (Wildman–Crippen LogP) is 4.53. The first-order valence-electron chi connectivity index (χ1n) is 5.60. The third-order valence-electron chi connectivity index (χ3n) is 2.62. The number of benzene rings is 2. The van der Waals surface area contributed by atoms with Gasteiger partial charge in [-0.15, -0.1) is 0 Å². The van der Waals surface area contributed by atoms with E-state index in [2.05, 4.69) is 10.3 Å². The lowest BCUT2D eigenvalue weighted by Gasteiger charge is -2.00. The van der Waals surface area contributed by atoms with Crippen LogP contribution in [0.5, 0.6) is 0 Å². The Morgan fingerprint density at radius 2 is 2.06 bits per heavy atom. The summed E-state index contributed by atoms with van der Waals surface area (Å²) in [5, 5.41) is 3.76. The first kappa shape index (κ1) is 11.1. The van der Waals surface area contributed by atoms with E-state index in [1.165, 1.54) is 0 Å². The number of fused-ring (bicyclic) bond motifs is 1. The molecular weight excluding hydrogens is 248 g/mol. The third-order valence-corrected chi connectivity index (χ3v) is 2.85. The van der Waals surface area contributed by atoms with Gasteiger partial charge in [0.1, 0.15) is 5.52 Å². The normalized spacial score (nSPS) is 10.8. The fraction of sp³-hybridized carbons (Fsp3) is 0.0714. The lowest BCUT2D eigenvalue weighted by molar-refractivity contribution is 0.623. The van der Waals surface area contributed by atoms with Gasteiger partial charge >= 0.3 is 0 Å². The van der Waals surface area contributed by atoms with Gasteiger partial charge in [-0.3, -0.25) is 0 Å². The topological polar surface area (TPSA) is 38.1 Å². The number of aromatic nitrogens is 1. The van der Waals surface area contributed by atoms with Crippen LogP contribution in [-0.2, 0) is 0 Å². The van der Waals surface area contributed by atoms with E-state index >= 15 is 0 Å². The maximum atomic E-state index is 5.92. The maximum Gasteiger partial charge on any atom is 0.300 e. The quantitative estimate of drug-likeness (QED) is 0.734. The molecule has 2 aromatic carbocycles. The maximum absolute atomic E-state index is 5.92. The van der Waals surface area contributed by atoms with Crippen LogP contribution in [-0.4, -0.2) is 4.98 Å². The van der Waals surface area contributed by atoms with Crippen molar-refractivity contribution in [2.45, 2.75) is 6.92 Å². The summed E-state index contributed by atoms with van der Waals surface area (Å²) >= 11 is 5.92. The van der Waals surface area contributed by atoms with Crippen molar-refractivity contribution < 1.29 is 4.42 Å². The predicted molar refractivity (Wildman–Crippen MR) is 73.5 cm³/mol. The van der Waals surface area contributed by atoms with Gasteiger partial charge in [0.25, 0.3) is 6.01 Å². The molecule has 0 spiro atoms. The molecule has 4 heteroatoms. The monoisotopic (exact) mass is 258 g/mol. The molecule has 0 saturated carbocycles. The molecule has 0 amide bonds. The fourth-order valence-electron chi connectivity index (χ4n) is 1.78. The minimum Gasteiger partial charge on any atom is -0.423 e. The zero-order valence-corrected chi connectivity index (χ0v) is 10.5. The van der Waals surface area contributed by atoms with Gasteiger partial charge in [-0.2, -0.15) is 4.98 Å². The Balaban J connectivity index is 1.95. The van der Waals surface area contributed by atoms with Crippen LogP contribution < -0.4 is 5.32 Å². The molecule has 3 nitrogen and oxygen atoms in total. The molecule has 0 saturated heterocycles.